The molecule has 120 valence electrons. The van der Waals surface area contributed by atoms with E-state index in [0.29, 0.717) is 30.8 Å². The van der Waals surface area contributed by atoms with E-state index in [9.17, 15) is 4.79 Å². The summed E-state index contributed by atoms with van der Waals surface area (Å²) in [6, 6.07) is 0. The van der Waals surface area contributed by atoms with Crippen molar-refractivity contribution in [1.29, 1.82) is 0 Å². The lowest BCUT2D eigenvalue weighted by molar-refractivity contribution is -0.120. The molecular weight excluding hydrogens is 290 g/mol. The Morgan fingerprint density at radius 1 is 1.43 bits per heavy atom. The first-order valence-corrected chi connectivity index (χ1v) is 8.20. The quantitative estimate of drug-likeness (QED) is 0.518. The molecule has 0 aliphatic carbocycles. The maximum atomic E-state index is 12.0. The Kier molecular flexibility index (Phi) is 8.29. The van der Waals surface area contributed by atoms with E-state index in [1.54, 1.807) is 4.68 Å². The molecule has 21 heavy (non-hydrogen) atoms. The minimum absolute atomic E-state index is 0.00408. The smallest absolute Gasteiger partial charge is 0.233 e. The summed E-state index contributed by atoms with van der Waals surface area (Å²) in [4.78, 5) is 12.0. The number of carbonyl (C=O) groups is 1. The van der Waals surface area contributed by atoms with Crippen molar-refractivity contribution in [3.63, 3.8) is 0 Å². The maximum Gasteiger partial charge on any atom is 0.233 e. The molecule has 0 aromatic carbocycles. The normalized spacial score (nSPS) is 12.6. The molecule has 1 aromatic heterocycles. The van der Waals surface area contributed by atoms with Gasteiger partial charge in [0, 0.05) is 26.3 Å². The molecule has 7 nitrogen and oxygen atoms in total. The molecule has 0 spiro atoms. The van der Waals surface area contributed by atoms with Crippen molar-refractivity contribution in [3.8, 4) is 0 Å². The molecule has 1 rings (SSSR count). The van der Waals surface area contributed by atoms with Gasteiger partial charge in [0.05, 0.1) is 5.25 Å². The van der Waals surface area contributed by atoms with Crippen LogP contribution in [-0.2, 0) is 16.1 Å². The van der Waals surface area contributed by atoms with Gasteiger partial charge in [-0.3, -0.25) is 4.79 Å². The van der Waals surface area contributed by atoms with E-state index in [1.807, 2.05) is 13.8 Å². The summed E-state index contributed by atoms with van der Waals surface area (Å²) >= 11 is 1.38. The van der Waals surface area contributed by atoms with Crippen molar-refractivity contribution < 1.29 is 9.53 Å². The average molecular weight is 315 g/mol. The third-order valence-electron chi connectivity index (χ3n) is 2.66. The van der Waals surface area contributed by atoms with Gasteiger partial charge in [-0.05, 0) is 36.6 Å². The monoisotopic (exact) mass is 315 g/mol. The molecule has 0 radical (unpaired) electrons. The van der Waals surface area contributed by atoms with Crippen molar-refractivity contribution in [1.82, 2.24) is 25.5 Å². The Morgan fingerprint density at radius 3 is 2.86 bits per heavy atom. The number of rotatable bonds is 10. The van der Waals surface area contributed by atoms with Crippen LogP contribution in [0.5, 0.6) is 0 Å². The van der Waals surface area contributed by atoms with E-state index in [0.717, 1.165) is 13.0 Å². The van der Waals surface area contributed by atoms with Crippen LogP contribution in [0.3, 0.4) is 0 Å². The fraction of sp³-hybridized carbons (Fsp3) is 0.846. The second-order valence-corrected chi connectivity index (χ2v) is 6.45. The van der Waals surface area contributed by atoms with Crippen LogP contribution in [0.15, 0.2) is 5.16 Å². The van der Waals surface area contributed by atoms with Gasteiger partial charge < -0.3 is 10.1 Å². The van der Waals surface area contributed by atoms with Gasteiger partial charge in [0.1, 0.15) is 0 Å². The number of carbonyl (C=O) groups excluding carboxylic acids is 1. The number of aromatic nitrogens is 4. The third kappa shape index (κ3) is 6.90. The molecule has 0 saturated carbocycles. The summed E-state index contributed by atoms with van der Waals surface area (Å²) in [5, 5.41) is 15.0. The van der Waals surface area contributed by atoms with E-state index in [4.69, 9.17) is 4.74 Å². The standard InChI is InChI=1S/C13H25N5O2S/c1-5-20-8-6-7-14-12(19)11(4)21-13-15-16-17-18(13)9-10(2)3/h10-11H,5-9H2,1-4H3,(H,14,19). The average Bonchev–Trinajstić information content (AvgIpc) is 2.84. The second-order valence-electron chi connectivity index (χ2n) is 5.14. The van der Waals surface area contributed by atoms with Gasteiger partial charge >= 0.3 is 0 Å². The molecule has 0 bridgehead atoms. The lowest BCUT2D eigenvalue weighted by Crippen LogP contribution is -2.32. The predicted molar refractivity (Wildman–Crippen MR) is 82.1 cm³/mol. The fourth-order valence-corrected chi connectivity index (χ4v) is 2.45. The van der Waals surface area contributed by atoms with E-state index in [2.05, 4.69) is 34.7 Å². The molecule has 1 atom stereocenters. The first-order valence-electron chi connectivity index (χ1n) is 7.32. The number of nitrogens with one attached hydrogen (secondary N) is 1. The summed E-state index contributed by atoms with van der Waals surface area (Å²) in [7, 11) is 0. The highest BCUT2D eigenvalue weighted by molar-refractivity contribution is 8.00. The Bertz CT molecular complexity index is 424. The minimum atomic E-state index is -0.228. The van der Waals surface area contributed by atoms with Gasteiger partial charge in [-0.15, -0.1) is 5.10 Å². The fourth-order valence-electron chi connectivity index (χ4n) is 1.63. The SMILES string of the molecule is CCOCCCNC(=O)C(C)Sc1nnnn1CC(C)C. The van der Waals surface area contributed by atoms with Gasteiger partial charge in [0.25, 0.3) is 0 Å². The first-order chi connectivity index (χ1) is 10.0. The zero-order chi connectivity index (χ0) is 15.7. The highest BCUT2D eigenvalue weighted by atomic mass is 32.2. The van der Waals surface area contributed by atoms with Crippen LogP contribution in [0.4, 0.5) is 0 Å². The van der Waals surface area contributed by atoms with Crippen molar-refractivity contribution >= 4 is 17.7 Å². The van der Waals surface area contributed by atoms with E-state index < -0.39 is 0 Å². The molecule has 8 heteroatoms. The topological polar surface area (TPSA) is 81.9 Å². The molecule has 1 N–H and O–H groups in total. The molecule has 1 amide bonds. The first kappa shape index (κ1) is 17.9. The van der Waals surface area contributed by atoms with Crippen molar-refractivity contribution in [2.24, 2.45) is 5.92 Å². The summed E-state index contributed by atoms with van der Waals surface area (Å²) in [5.74, 6) is 0.450. The number of amides is 1. The summed E-state index contributed by atoms with van der Waals surface area (Å²) in [6.45, 7) is 10.8. The van der Waals surface area contributed by atoms with E-state index >= 15 is 0 Å². The van der Waals surface area contributed by atoms with Crippen molar-refractivity contribution in [3.05, 3.63) is 0 Å². The molecule has 0 aliphatic heterocycles. The molecule has 1 heterocycles. The minimum Gasteiger partial charge on any atom is -0.382 e. The van der Waals surface area contributed by atoms with E-state index in [1.165, 1.54) is 11.8 Å². The van der Waals surface area contributed by atoms with Crippen molar-refractivity contribution in [2.75, 3.05) is 19.8 Å². The van der Waals surface area contributed by atoms with Gasteiger partial charge in [-0.25, -0.2) is 4.68 Å². The van der Waals surface area contributed by atoms with Crippen LogP contribution >= 0.6 is 11.8 Å². The number of thioether (sulfide) groups is 1. The molecule has 0 saturated heterocycles. The number of tetrazole rings is 1. The number of ether oxygens (including phenoxy) is 1. The maximum absolute atomic E-state index is 12.0. The van der Waals surface area contributed by atoms with Crippen LogP contribution in [0.2, 0.25) is 0 Å². The summed E-state index contributed by atoms with van der Waals surface area (Å²) in [5.41, 5.74) is 0. The Hall–Kier alpha value is -1.15. The van der Waals surface area contributed by atoms with Crippen LogP contribution < -0.4 is 5.32 Å². The Labute approximate surface area is 130 Å². The predicted octanol–water partition coefficient (Wildman–Crippen LogP) is 1.35. The molecular formula is C13H25N5O2S. The Balaban J connectivity index is 2.36. The van der Waals surface area contributed by atoms with Gasteiger partial charge in [-0.1, -0.05) is 25.6 Å². The van der Waals surface area contributed by atoms with Crippen LogP contribution in [-0.4, -0.2) is 51.1 Å². The highest BCUT2D eigenvalue weighted by Gasteiger charge is 2.18. The van der Waals surface area contributed by atoms with Crippen LogP contribution in [0.25, 0.3) is 0 Å². The summed E-state index contributed by atoms with van der Waals surface area (Å²) < 4.78 is 6.97. The molecule has 1 aromatic rings. The van der Waals surface area contributed by atoms with Crippen molar-refractivity contribution in [2.45, 2.75) is 51.1 Å². The van der Waals surface area contributed by atoms with Gasteiger partial charge in [-0.2, -0.15) is 0 Å². The molecule has 0 aliphatic rings. The molecule has 1 unspecified atom stereocenters. The Morgan fingerprint density at radius 2 is 2.19 bits per heavy atom. The van der Waals surface area contributed by atoms with Crippen LogP contribution in [0.1, 0.15) is 34.1 Å². The number of hydrogen-bond acceptors (Lipinski definition) is 6. The van der Waals surface area contributed by atoms with Crippen LogP contribution in [0, 0.1) is 5.92 Å². The lowest BCUT2D eigenvalue weighted by atomic mass is 10.2. The largest absolute Gasteiger partial charge is 0.382 e. The molecule has 0 fully saturated rings. The van der Waals surface area contributed by atoms with E-state index in [-0.39, 0.29) is 11.2 Å². The van der Waals surface area contributed by atoms with Gasteiger partial charge in [0.15, 0.2) is 0 Å². The van der Waals surface area contributed by atoms with Gasteiger partial charge in [0.2, 0.25) is 11.1 Å². The second kappa shape index (κ2) is 9.73. The zero-order valence-corrected chi connectivity index (χ0v) is 14.0. The highest BCUT2D eigenvalue weighted by Crippen LogP contribution is 2.20. The number of nitrogens with zero attached hydrogens (tertiary/aromatic N) is 4. The third-order valence-corrected chi connectivity index (χ3v) is 3.73. The summed E-state index contributed by atoms with van der Waals surface area (Å²) in [6.07, 6.45) is 0.821. The lowest BCUT2D eigenvalue weighted by Gasteiger charge is -2.12. The number of hydrogen-bond donors (Lipinski definition) is 1. The zero-order valence-electron chi connectivity index (χ0n) is 13.2.